The van der Waals surface area contributed by atoms with Gasteiger partial charge in [-0.15, -0.1) is 0 Å². The van der Waals surface area contributed by atoms with E-state index in [1.165, 1.54) is 0 Å². The van der Waals surface area contributed by atoms with Crippen LogP contribution in [-0.4, -0.2) is 21.3 Å². The first-order valence-corrected chi connectivity index (χ1v) is 5.51. The predicted molar refractivity (Wildman–Crippen MR) is 60.3 cm³/mol. The van der Waals surface area contributed by atoms with Crippen molar-refractivity contribution in [2.24, 2.45) is 5.73 Å². The summed E-state index contributed by atoms with van der Waals surface area (Å²) >= 11 is 0. The number of carbonyl (C=O) groups is 1. The number of hydrogen-bond acceptors (Lipinski definition) is 3. The molecule has 0 saturated heterocycles. The number of amides is 1. The number of nitrogens with two attached hydrogens (primary N) is 1. The maximum Gasteiger partial charge on any atom is 0.417 e. The van der Waals surface area contributed by atoms with Crippen LogP contribution < -0.4 is 5.73 Å². The van der Waals surface area contributed by atoms with E-state index in [0.29, 0.717) is 12.1 Å². The van der Waals surface area contributed by atoms with Gasteiger partial charge >= 0.3 is 12.4 Å². The standard InChI is InChI=1S/C11H6F6N4O/c12-10(13,14)4-1-2-5(6(3-4)11(15,16)17)7-8(9(18)22)20-21-19-7/h1-3H,(H2,18,22)(H,19,20,21). The van der Waals surface area contributed by atoms with Crippen molar-refractivity contribution in [1.82, 2.24) is 15.4 Å². The molecule has 0 saturated carbocycles. The number of benzene rings is 1. The van der Waals surface area contributed by atoms with Crippen LogP contribution in [0.4, 0.5) is 26.3 Å². The second kappa shape index (κ2) is 5.00. The van der Waals surface area contributed by atoms with E-state index in [2.05, 4.69) is 10.2 Å². The van der Waals surface area contributed by atoms with Crippen LogP contribution in [-0.2, 0) is 12.4 Å². The Labute approximate surface area is 118 Å². The van der Waals surface area contributed by atoms with Crippen molar-refractivity contribution in [2.75, 3.05) is 0 Å². The minimum Gasteiger partial charge on any atom is -0.364 e. The molecule has 0 aliphatic carbocycles. The molecule has 2 rings (SSSR count). The molecule has 1 aromatic heterocycles. The molecule has 22 heavy (non-hydrogen) atoms. The number of primary amides is 1. The molecule has 1 amide bonds. The predicted octanol–water partition coefficient (Wildman–Crippen LogP) is 2.61. The maximum atomic E-state index is 13.0. The lowest BCUT2D eigenvalue weighted by molar-refractivity contribution is -0.142. The zero-order valence-electron chi connectivity index (χ0n) is 10.4. The lowest BCUT2D eigenvalue weighted by Crippen LogP contribution is -2.15. The van der Waals surface area contributed by atoms with Gasteiger partial charge in [0, 0.05) is 5.56 Å². The highest BCUT2D eigenvalue weighted by Crippen LogP contribution is 2.40. The van der Waals surface area contributed by atoms with E-state index < -0.39 is 46.3 Å². The summed E-state index contributed by atoms with van der Waals surface area (Å²) in [4.78, 5) is 11.1. The first kappa shape index (κ1) is 15.8. The van der Waals surface area contributed by atoms with Gasteiger partial charge < -0.3 is 5.73 Å². The Morgan fingerprint density at radius 3 is 2.18 bits per heavy atom. The summed E-state index contributed by atoms with van der Waals surface area (Å²) in [6.07, 6.45) is -10.0. The van der Waals surface area contributed by atoms with Crippen molar-refractivity contribution >= 4 is 5.91 Å². The molecule has 118 valence electrons. The summed E-state index contributed by atoms with van der Waals surface area (Å²) in [7, 11) is 0. The van der Waals surface area contributed by atoms with Gasteiger partial charge in [-0.3, -0.25) is 4.79 Å². The van der Waals surface area contributed by atoms with Gasteiger partial charge in [0.1, 0.15) is 5.69 Å². The van der Waals surface area contributed by atoms with Gasteiger partial charge in [0.2, 0.25) is 0 Å². The third-order valence-corrected chi connectivity index (χ3v) is 2.69. The normalized spacial score (nSPS) is 12.5. The SMILES string of the molecule is NC(=O)c1n[nH]nc1-c1ccc(C(F)(F)F)cc1C(F)(F)F. The summed E-state index contributed by atoms with van der Waals surface area (Å²) in [5.74, 6) is -1.17. The summed E-state index contributed by atoms with van der Waals surface area (Å²) in [6.45, 7) is 0. The van der Waals surface area contributed by atoms with Crippen LogP contribution in [0, 0.1) is 0 Å². The van der Waals surface area contributed by atoms with Gasteiger partial charge in [-0.05, 0) is 12.1 Å². The van der Waals surface area contributed by atoms with Crippen molar-refractivity contribution in [3.05, 3.63) is 35.0 Å². The fraction of sp³-hybridized carbons (Fsp3) is 0.182. The van der Waals surface area contributed by atoms with Crippen LogP contribution in [0.1, 0.15) is 21.6 Å². The lowest BCUT2D eigenvalue weighted by Gasteiger charge is -2.15. The highest BCUT2D eigenvalue weighted by atomic mass is 19.4. The van der Waals surface area contributed by atoms with Crippen LogP contribution in [0.2, 0.25) is 0 Å². The minimum absolute atomic E-state index is 0.0607. The molecule has 0 atom stereocenters. The van der Waals surface area contributed by atoms with Crippen molar-refractivity contribution in [1.29, 1.82) is 0 Å². The van der Waals surface area contributed by atoms with Gasteiger partial charge in [0.25, 0.3) is 5.91 Å². The molecule has 1 aromatic carbocycles. The van der Waals surface area contributed by atoms with Gasteiger partial charge in [-0.25, -0.2) is 0 Å². The zero-order valence-corrected chi connectivity index (χ0v) is 10.4. The fourth-order valence-electron chi connectivity index (χ4n) is 1.75. The van der Waals surface area contributed by atoms with Crippen molar-refractivity contribution < 1.29 is 31.1 Å². The molecule has 2 aromatic rings. The number of H-pyrrole nitrogens is 1. The summed E-state index contributed by atoms with van der Waals surface area (Å²) in [5.41, 5.74) is -0.0604. The van der Waals surface area contributed by atoms with Gasteiger partial charge in [0.05, 0.1) is 11.1 Å². The molecule has 0 aliphatic rings. The van der Waals surface area contributed by atoms with E-state index in [1.807, 2.05) is 5.21 Å². The molecule has 0 spiro atoms. The average molecular weight is 324 g/mol. The Morgan fingerprint density at radius 2 is 1.68 bits per heavy atom. The molecule has 0 bridgehead atoms. The van der Waals surface area contributed by atoms with E-state index >= 15 is 0 Å². The molecule has 0 aliphatic heterocycles. The average Bonchev–Trinajstić information content (AvgIpc) is 2.85. The van der Waals surface area contributed by atoms with Gasteiger partial charge in [0.15, 0.2) is 5.69 Å². The van der Waals surface area contributed by atoms with Crippen LogP contribution in [0.3, 0.4) is 0 Å². The van der Waals surface area contributed by atoms with Crippen LogP contribution >= 0.6 is 0 Å². The Kier molecular flexibility index (Phi) is 3.59. The largest absolute Gasteiger partial charge is 0.417 e. The van der Waals surface area contributed by atoms with Crippen molar-refractivity contribution in [2.45, 2.75) is 12.4 Å². The van der Waals surface area contributed by atoms with Crippen LogP contribution in [0.5, 0.6) is 0 Å². The van der Waals surface area contributed by atoms with Crippen LogP contribution in [0.25, 0.3) is 11.3 Å². The van der Waals surface area contributed by atoms with E-state index in [4.69, 9.17) is 5.73 Å². The third-order valence-electron chi connectivity index (χ3n) is 2.69. The molecular formula is C11H6F6N4O. The molecule has 1 heterocycles. The Hall–Kier alpha value is -2.59. The number of aromatic amines is 1. The quantitative estimate of drug-likeness (QED) is 0.833. The lowest BCUT2D eigenvalue weighted by atomic mass is 9.99. The number of hydrogen-bond donors (Lipinski definition) is 2. The second-order valence-electron chi connectivity index (χ2n) is 4.14. The minimum atomic E-state index is -5.09. The van der Waals surface area contributed by atoms with E-state index in [-0.39, 0.29) is 6.07 Å². The first-order chi connectivity index (χ1) is 10.0. The number of alkyl halides is 6. The monoisotopic (exact) mass is 324 g/mol. The molecule has 11 heteroatoms. The highest BCUT2D eigenvalue weighted by Gasteiger charge is 2.39. The summed E-state index contributed by atoms with van der Waals surface area (Å²) in [6, 6.07) is 0.953. The Balaban J connectivity index is 2.71. The number of rotatable bonds is 2. The summed E-state index contributed by atoms with van der Waals surface area (Å²) < 4.78 is 76.7. The number of nitrogens with one attached hydrogen (secondary N) is 1. The first-order valence-electron chi connectivity index (χ1n) is 5.51. The number of carbonyl (C=O) groups excluding carboxylic acids is 1. The molecular weight excluding hydrogens is 318 g/mol. The van der Waals surface area contributed by atoms with Crippen molar-refractivity contribution in [3.8, 4) is 11.3 Å². The second-order valence-corrected chi connectivity index (χ2v) is 4.14. The maximum absolute atomic E-state index is 13.0. The Morgan fingerprint density at radius 1 is 1.05 bits per heavy atom. The molecule has 0 unspecified atom stereocenters. The highest BCUT2D eigenvalue weighted by molar-refractivity contribution is 5.97. The van der Waals surface area contributed by atoms with Crippen molar-refractivity contribution in [3.63, 3.8) is 0 Å². The summed E-state index contributed by atoms with van der Waals surface area (Å²) in [5, 5.41) is 8.55. The Bertz CT molecular complexity index is 718. The molecule has 0 fully saturated rings. The van der Waals surface area contributed by atoms with Crippen LogP contribution in [0.15, 0.2) is 18.2 Å². The van der Waals surface area contributed by atoms with Gasteiger partial charge in [-0.2, -0.15) is 41.8 Å². The third kappa shape index (κ3) is 2.87. The molecule has 3 N–H and O–H groups in total. The topological polar surface area (TPSA) is 84.7 Å². The molecule has 5 nitrogen and oxygen atoms in total. The fourth-order valence-corrected chi connectivity index (χ4v) is 1.75. The molecule has 0 radical (unpaired) electrons. The smallest absolute Gasteiger partial charge is 0.364 e. The van der Waals surface area contributed by atoms with Gasteiger partial charge in [-0.1, -0.05) is 6.07 Å². The number of nitrogens with zero attached hydrogens (tertiary/aromatic N) is 2. The van der Waals surface area contributed by atoms with E-state index in [9.17, 15) is 31.1 Å². The van der Waals surface area contributed by atoms with E-state index in [0.717, 1.165) is 0 Å². The van der Waals surface area contributed by atoms with E-state index in [1.54, 1.807) is 0 Å². The number of halogens is 6. The number of aromatic nitrogens is 3. The zero-order chi connectivity index (χ0) is 16.7.